The van der Waals surface area contributed by atoms with E-state index >= 15 is 0 Å². The van der Waals surface area contributed by atoms with Crippen molar-refractivity contribution in [3.8, 4) is 0 Å². The predicted octanol–water partition coefficient (Wildman–Crippen LogP) is 0.474. The molecule has 0 saturated carbocycles. The van der Waals surface area contributed by atoms with E-state index < -0.39 is 0 Å². The van der Waals surface area contributed by atoms with Gasteiger partial charge < -0.3 is 10.5 Å². The lowest BCUT2D eigenvalue weighted by Crippen LogP contribution is -2.22. The van der Waals surface area contributed by atoms with Crippen molar-refractivity contribution in [2.45, 2.75) is 32.9 Å². The molecule has 1 atom stereocenters. The molecule has 2 N–H and O–H groups in total. The van der Waals surface area contributed by atoms with Gasteiger partial charge in [0, 0.05) is 0 Å². The summed E-state index contributed by atoms with van der Waals surface area (Å²) in [6.07, 6.45) is -0.0116. The molecule has 0 spiro atoms. The number of rotatable bonds is 3. The molecule has 0 aliphatic heterocycles. The van der Waals surface area contributed by atoms with Crippen molar-refractivity contribution in [1.29, 1.82) is 0 Å². The van der Waals surface area contributed by atoms with Gasteiger partial charge in [0.15, 0.2) is 11.7 Å². The normalized spacial score (nSPS) is 12.5. The van der Waals surface area contributed by atoms with Crippen molar-refractivity contribution in [2.75, 3.05) is 0 Å². The van der Waals surface area contributed by atoms with E-state index in [4.69, 9.17) is 10.5 Å². The topological polar surface area (TPSA) is 52.3 Å². The van der Waals surface area contributed by atoms with Crippen molar-refractivity contribution >= 4 is 5.94 Å². The summed E-state index contributed by atoms with van der Waals surface area (Å²) in [6, 6.07) is -0.361. The maximum Gasteiger partial charge on any atom is 0.196 e. The third kappa shape index (κ3) is 3.28. The number of hydrogen-bond acceptors (Lipinski definition) is 3. The Morgan fingerprint density at radius 3 is 2.10 bits per heavy atom. The van der Waals surface area contributed by atoms with E-state index in [1.807, 2.05) is 13.8 Å². The number of carbonyl (C=O) groups excluding carboxylic acids is 1. The van der Waals surface area contributed by atoms with Gasteiger partial charge in [-0.15, -0.1) is 0 Å². The van der Waals surface area contributed by atoms with E-state index in [9.17, 15) is 4.79 Å². The predicted molar refractivity (Wildman–Crippen MR) is 39.1 cm³/mol. The minimum absolute atomic E-state index is 0.0116. The fourth-order valence-electron chi connectivity index (χ4n) is 0.478. The smallest absolute Gasteiger partial charge is 0.196 e. The van der Waals surface area contributed by atoms with Crippen LogP contribution in [0.3, 0.4) is 0 Å². The van der Waals surface area contributed by atoms with Crippen molar-refractivity contribution in [2.24, 2.45) is 5.73 Å². The van der Waals surface area contributed by atoms with Crippen molar-refractivity contribution in [3.05, 3.63) is 5.76 Å². The molecular formula is C7H13NO2. The molecule has 0 rings (SSSR count). The second-order valence-corrected chi connectivity index (χ2v) is 2.42. The van der Waals surface area contributed by atoms with E-state index in [0.29, 0.717) is 0 Å². The lowest BCUT2D eigenvalue weighted by molar-refractivity contribution is 0.138. The number of ether oxygens (including phenoxy) is 1. The Morgan fingerprint density at radius 2 is 2.00 bits per heavy atom. The molecule has 0 aromatic heterocycles. The molecule has 0 aromatic rings. The maximum atomic E-state index is 10.1. The fourth-order valence-corrected chi connectivity index (χ4v) is 0.478. The third-order valence-electron chi connectivity index (χ3n) is 0.877. The minimum Gasteiger partial charge on any atom is -0.482 e. The Labute approximate surface area is 60.9 Å². The van der Waals surface area contributed by atoms with Gasteiger partial charge in [-0.3, -0.25) is 0 Å². The quantitative estimate of drug-likeness (QED) is 0.461. The molecule has 0 radical (unpaired) electrons. The zero-order chi connectivity index (χ0) is 8.15. The van der Waals surface area contributed by atoms with Gasteiger partial charge >= 0.3 is 0 Å². The fraction of sp³-hybridized carbons (Fsp3) is 0.714. The van der Waals surface area contributed by atoms with Gasteiger partial charge in [-0.1, -0.05) is 0 Å². The second-order valence-electron chi connectivity index (χ2n) is 2.42. The Bertz CT molecular complexity index is 146. The van der Waals surface area contributed by atoms with E-state index in [-0.39, 0.29) is 17.9 Å². The molecule has 3 nitrogen and oxygen atoms in total. The van der Waals surface area contributed by atoms with Crippen LogP contribution in [-0.2, 0) is 9.53 Å². The second kappa shape index (κ2) is 4.09. The molecule has 0 aliphatic carbocycles. The lowest BCUT2D eigenvalue weighted by Gasteiger charge is -2.12. The zero-order valence-electron chi connectivity index (χ0n) is 6.55. The van der Waals surface area contributed by atoms with Crippen LogP contribution in [0.25, 0.3) is 0 Å². The van der Waals surface area contributed by atoms with E-state index in [0.717, 1.165) is 0 Å². The molecule has 0 amide bonds. The van der Waals surface area contributed by atoms with E-state index in [1.165, 1.54) is 0 Å². The van der Waals surface area contributed by atoms with Crippen molar-refractivity contribution in [1.82, 2.24) is 0 Å². The molecule has 58 valence electrons. The summed E-state index contributed by atoms with van der Waals surface area (Å²) < 4.78 is 5.03. The highest BCUT2D eigenvalue weighted by Gasteiger charge is 2.06. The lowest BCUT2D eigenvalue weighted by atomic mass is 10.3. The highest BCUT2D eigenvalue weighted by Crippen LogP contribution is 2.00. The summed E-state index contributed by atoms with van der Waals surface area (Å²) >= 11 is 0. The van der Waals surface area contributed by atoms with Crippen LogP contribution >= 0.6 is 0 Å². The van der Waals surface area contributed by atoms with Crippen LogP contribution in [0.15, 0.2) is 5.76 Å². The summed E-state index contributed by atoms with van der Waals surface area (Å²) in [5, 5.41) is 0. The Kier molecular flexibility index (Phi) is 3.77. The van der Waals surface area contributed by atoms with Gasteiger partial charge in [0.2, 0.25) is 0 Å². The molecule has 0 heterocycles. The summed E-state index contributed by atoms with van der Waals surface area (Å²) in [7, 11) is 0. The first-order valence-corrected chi connectivity index (χ1v) is 3.25. The van der Waals surface area contributed by atoms with Crippen LogP contribution in [0.2, 0.25) is 0 Å². The Hall–Kier alpha value is -0.790. The largest absolute Gasteiger partial charge is 0.482 e. The van der Waals surface area contributed by atoms with Crippen LogP contribution in [0, 0.1) is 0 Å². The summed E-state index contributed by atoms with van der Waals surface area (Å²) in [4.78, 5) is 10.1. The molecule has 0 aromatic carbocycles. The minimum atomic E-state index is -0.361. The molecule has 3 heteroatoms. The van der Waals surface area contributed by atoms with Gasteiger partial charge in [-0.2, -0.15) is 0 Å². The summed E-state index contributed by atoms with van der Waals surface area (Å²) in [5.41, 5.74) is 5.37. The van der Waals surface area contributed by atoms with Gasteiger partial charge in [0.1, 0.15) is 0 Å². The summed E-state index contributed by atoms with van der Waals surface area (Å²) in [6.45, 7) is 5.35. The van der Waals surface area contributed by atoms with Crippen LogP contribution < -0.4 is 5.73 Å². The first-order valence-electron chi connectivity index (χ1n) is 3.25. The van der Waals surface area contributed by atoms with Crippen LogP contribution in [0.4, 0.5) is 0 Å². The van der Waals surface area contributed by atoms with Crippen LogP contribution in [0.5, 0.6) is 0 Å². The number of nitrogens with two attached hydrogens (primary N) is 1. The molecule has 0 aliphatic rings. The number of hydrogen-bond donors (Lipinski definition) is 1. The monoisotopic (exact) mass is 143 g/mol. The van der Waals surface area contributed by atoms with Crippen LogP contribution in [0.1, 0.15) is 20.8 Å². The highest BCUT2D eigenvalue weighted by atomic mass is 16.5. The maximum absolute atomic E-state index is 10.1. The molecule has 0 saturated heterocycles. The average Bonchev–Trinajstić information content (AvgIpc) is 1.81. The Morgan fingerprint density at radius 1 is 1.50 bits per heavy atom. The van der Waals surface area contributed by atoms with Gasteiger partial charge in [0.05, 0.1) is 12.1 Å². The molecule has 1 unspecified atom stereocenters. The molecular weight excluding hydrogens is 130 g/mol. The molecule has 0 fully saturated rings. The van der Waals surface area contributed by atoms with Gasteiger partial charge in [-0.05, 0) is 20.8 Å². The first-order chi connectivity index (χ1) is 4.57. The zero-order valence-corrected chi connectivity index (χ0v) is 6.55. The highest BCUT2D eigenvalue weighted by molar-refractivity contribution is 5.51. The third-order valence-corrected chi connectivity index (χ3v) is 0.877. The Balaban J connectivity index is 3.99. The SMILES string of the molecule is CC(C)OC(=C=O)C(C)N. The standard InChI is InChI=1S/C7H13NO2/c1-5(2)10-7(4-9)6(3)8/h5-6H,8H2,1-3H3. The van der Waals surface area contributed by atoms with E-state index in [1.54, 1.807) is 12.9 Å². The molecule has 10 heavy (non-hydrogen) atoms. The first kappa shape index (κ1) is 9.21. The summed E-state index contributed by atoms with van der Waals surface area (Å²) in [5.74, 6) is 1.84. The average molecular weight is 143 g/mol. The van der Waals surface area contributed by atoms with E-state index in [2.05, 4.69) is 0 Å². The van der Waals surface area contributed by atoms with Crippen molar-refractivity contribution < 1.29 is 9.53 Å². The van der Waals surface area contributed by atoms with Gasteiger partial charge in [-0.25, -0.2) is 4.79 Å². The van der Waals surface area contributed by atoms with Gasteiger partial charge in [0.25, 0.3) is 0 Å². The van der Waals surface area contributed by atoms with Crippen molar-refractivity contribution in [3.63, 3.8) is 0 Å². The van der Waals surface area contributed by atoms with Crippen LogP contribution in [-0.4, -0.2) is 18.1 Å². The molecule has 0 bridgehead atoms.